The van der Waals surface area contributed by atoms with Gasteiger partial charge in [0, 0.05) is 18.1 Å². The van der Waals surface area contributed by atoms with Crippen molar-refractivity contribution in [3.05, 3.63) is 41.3 Å². The topological polar surface area (TPSA) is 95.2 Å². The molecule has 0 radical (unpaired) electrons. The second-order valence-corrected chi connectivity index (χ2v) is 11.5. The van der Waals surface area contributed by atoms with E-state index in [1.54, 1.807) is 5.32 Å². The number of quaternary nitrogens is 1. The largest absolute Gasteiger partial charge is 0.456 e. The minimum atomic E-state index is -0.572. The summed E-state index contributed by atoms with van der Waals surface area (Å²) in [6.07, 6.45) is 3.65. The lowest BCUT2D eigenvalue weighted by Gasteiger charge is -2.28. The van der Waals surface area contributed by atoms with Crippen LogP contribution in [0.25, 0.3) is 11.5 Å². The number of oxazole rings is 1. The van der Waals surface area contributed by atoms with Crippen LogP contribution in [-0.4, -0.2) is 35.1 Å². The Bertz CT molecular complexity index is 1020. The van der Waals surface area contributed by atoms with E-state index in [-0.39, 0.29) is 23.7 Å². The molecule has 7 heteroatoms. The minimum Gasteiger partial charge on any atom is -0.456 e. The van der Waals surface area contributed by atoms with E-state index in [9.17, 15) is 9.59 Å². The van der Waals surface area contributed by atoms with Crippen LogP contribution in [0.3, 0.4) is 0 Å². The predicted molar refractivity (Wildman–Crippen MR) is 138 cm³/mol. The fraction of sp³-hybridized carbons (Fsp3) is 0.621. The molecule has 1 aromatic carbocycles. The van der Waals surface area contributed by atoms with Gasteiger partial charge >= 0.3 is 11.9 Å². The van der Waals surface area contributed by atoms with Crippen molar-refractivity contribution in [3.63, 3.8) is 0 Å². The van der Waals surface area contributed by atoms with Crippen LogP contribution in [0.2, 0.25) is 0 Å². The summed E-state index contributed by atoms with van der Waals surface area (Å²) in [5.41, 5.74) is 2.37. The fourth-order valence-corrected chi connectivity index (χ4v) is 4.62. The van der Waals surface area contributed by atoms with Crippen molar-refractivity contribution in [1.82, 2.24) is 4.98 Å². The molecule has 2 N–H and O–H groups in total. The molecule has 1 fully saturated rings. The van der Waals surface area contributed by atoms with E-state index in [0.717, 1.165) is 42.7 Å². The van der Waals surface area contributed by atoms with Crippen LogP contribution in [0.5, 0.6) is 0 Å². The third-order valence-corrected chi connectivity index (χ3v) is 6.71. The Hall–Kier alpha value is -2.51. The Morgan fingerprint density at radius 3 is 2.47 bits per heavy atom. The number of benzene rings is 1. The summed E-state index contributed by atoms with van der Waals surface area (Å²) < 4.78 is 17.4. The monoisotopic (exact) mass is 499 g/mol. The molecular weight excluding hydrogens is 456 g/mol. The lowest BCUT2D eigenvalue weighted by atomic mass is 9.81. The maximum atomic E-state index is 13.1. The van der Waals surface area contributed by atoms with Gasteiger partial charge in [0.15, 0.2) is 6.04 Å². The van der Waals surface area contributed by atoms with Crippen LogP contribution in [0.15, 0.2) is 28.7 Å². The maximum absolute atomic E-state index is 13.1. The van der Waals surface area contributed by atoms with Gasteiger partial charge < -0.3 is 13.9 Å². The maximum Gasteiger partial charge on any atom is 0.366 e. The molecule has 198 valence electrons. The average Bonchev–Trinajstić information content (AvgIpc) is 3.17. The fourth-order valence-electron chi connectivity index (χ4n) is 4.62. The number of nitrogens with zero attached hydrogens (tertiary/aromatic N) is 1. The van der Waals surface area contributed by atoms with Gasteiger partial charge in [-0.3, -0.25) is 5.32 Å². The van der Waals surface area contributed by atoms with Gasteiger partial charge in [-0.25, -0.2) is 14.6 Å². The van der Waals surface area contributed by atoms with E-state index in [1.165, 1.54) is 5.56 Å². The normalized spacial score (nSPS) is 19.3. The Kier molecular flexibility index (Phi) is 9.47. The Labute approximate surface area is 215 Å². The Morgan fingerprint density at radius 2 is 1.83 bits per heavy atom. The second kappa shape index (κ2) is 12.2. The van der Waals surface area contributed by atoms with Crippen molar-refractivity contribution in [3.8, 4) is 11.5 Å². The zero-order chi connectivity index (χ0) is 26.5. The summed E-state index contributed by atoms with van der Waals surface area (Å²) in [7, 11) is 0. The molecule has 1 amide bonds. The summed E-state index contributed by atoms with van der Waals surface area (Å²) in [6, 6.07) is 7.58. The van der Waals surface area contributed by atoms with Gasteiger partial charge in [-0.2, -0.15) is 0 Å². The Balaban J connectivity index is 1.51. The zero-order valence-corrected chi connectivity index (χ0v) is 22.9. The van der Waals surface area contributed by atoms with E-state index in [2.05, 4.69) is 11.9 Å². The molecule has 3 rings (SSSR count). The zero-order valence-electron chi connectivity index (χ0n) is 22.9. The molecular formula is C29H43N2O5+. The highest BCUT2D eigenvalue weighted by atomic mass is 16.6. The molecule has 1 heterocycles. The van der Waals surface area contributed by atoms with E-state index in [0.29, 0.717) is 25.0 Å². The highest BCUT2D eigenvalue weighted by Gasteiger charge is 2.37. The smallest absolute Gasteiger partial charge is 0.366 e. The molecule has 3 atom stereocenters. The van der Waals surface area contributed by atoms with E-state index in [4.69, 9.17) is 13.9 Å². The molecule has 1 saturated carbocycles. The number of carbonyl (C=O) groups is 2. The number of nitrogens with two attached hydrogens (primary N) is 1. The first-order chi connectivity index (χ1) is 16.9. The molecule has 3 unspecified atom stereocenters. The molecule has 0 aliphatic heterocycles. The van der Waals surface area contributed by atoms with Gasteiger partial charge in [-0.1, -0.05) is 38.0 Å². The van der Waals surface area contributed by atoms with Gasteiger partial charge in [0.1, 0.15) is 17.1 Å². The number of aromatic nitrogens is 1. The molecule has 7 nitrogen and oxygen atoms in total. The van der Waals surface area contributed by atoms with Crippen LogP contribution in [-0.2, 0) is 25.7 Å². The highest BCUT2D eigenvalue weighted by Crippen LogP contribution is 2.29. The summed E-state index contributed by atoms with van der Waals surface area (Å²) >= 11 is 0. The molecule has 2 aromatic rings. The van der Waals surface area contributed by atoms with Crippen LogP contribution in [0.4, 0.5) is 0 Å². The van der Waals surface area contributed by atoms with Crippen molar-refractivity contribution in [2.24, 2.45) is 17.8 Å². The van der Waals surface area contributed by atoms with Crippen LogP contribution >= 0.6 is 0 Å². The first-order valence-corrected chi connectivity index (χ1v) is 13.2. The summed E-state index contributed by atoms with van der Waals surface area (Å²) in [5, 5.41) is 1.61. The molecule has 1 aliphatic carbocycles. The SMILES string of the molecule is Cc1ccc(-c2nc(COCC3CCCC(C(=O)[NH2+]C(C(=O)OC(C)(C)C)C(C)C)C3)c(C)o2)cc1. The predicted octanol–water partition coefficient (Wildman–Crippen LogP) is 4.74. The standard InChI is InChI=1S/C29H42N2O5/c1-18(2)25(28(33)36-29(5,6)7)31-26(32)23-10-8-9-21(15-23)16-34-17-24-20(4)35-27(30-24)22-13-11-19(3)12-14-22/h11-14,18,21,23,25H,8-10,15-17H2,1-7H3,(H,31,32)/p+1. The van der Waals surface area contributed by atoms with E-state index in [1.807, 2.05) is 65.8 Å². The number of rotatable bonds is 9. The van der Waals surface area contributed by atoms with Gasteiger partial charge in [-0.05, 0) is 71.9 Å². The third-order valence-electron chi connectivity index (χ3n) is 6.71. The number of ether oxygens (including phenoxy) is 2. The lowest BCUT2D eigenvalue weighted by Crippen LogP contribution is -2.97. The summed E-state index contributed by atoms with van der Waals surface area (Å²) in [4.78, 5) is 30.4. The number of primary amides is 1. The lowest BCUT2D eigenvalue weighted by molar-refractivity contribution is -0.604. The van der Waals surface area contributed by atoms with Gasteiger partial charge in [-0.15, -0.1) is 0 Å². The van der Waals surface area contributed by atoms with Crippen molar-refractivity contribution in [1.29, 1.82) is 0 Å². The number of hydrogen-bond acceptors (Lipinski definition) is 6. The molecule has 0 spiro atoms. The summed E-state index contributed by atoms with van der Waals surface area (Å²) in [6.45, 7) is 14.4. The molecule has 1 aliphatic rings. The molecule has 36 heavy (non-hydrogen) atoms. The average molecular weight is 500 g/mol. The number of hydrogen-bond donors (Lipinski definition) is 1. The first-order valence-electron chi connectivity index (χ1n) is 13.2. The van der Waals surface area contributed by atoms with Crippen molar-refractivity contribution >= 4 is 11.9 Å². The number of carbonyl (C=O) groups excluding carboxylic acids is 2. The van der Waals surface area contributed by atoms with Crippen LogP contribution in [0.1, 0.15) is 77.3 Å². The van der Waals surface area contributed by atoms with E-state index < -0.39 is 11.6 Å². The van der Waals surface area contributed by atoms with Crippen molar-refractivity contribution < 1.29 is 28.8 Å². The van der Waals surface area contributed by atoms with Gasteiger partial charge in [0.05, 0.1) is 12.5 Å². The van der Waals surface area contributed by atoms with Crippen LogP contribution in [0, 0.1) is 31.6 Å². The number of aryl methyl sites for hydroxylation is 2. The van der Waals surface area contributed by atoms with Gasteiger partial charge in [0.2, 0.25) is 5.89 Å². The third kappa shape index (κ3) is 8.00. The number of amides is 1. The van der Waals surface area contributed by atoms with Crippen molar-refractivity contribution in [2.75, 3.05) is 6.61 Å². The molecule has 0 bridgehead atoms. The summed E-state index contributed by atoms with van der Waals surface area (Å²) in [5.74, 6) is 1.34. The molecule has 0 saturated heterocycles. The van der Waals surface area contributed by atoms with Gasteiger partial charge in [0.25, 0.3) is 0 Å². The second-order valence-electron chi connectivity index (χ2n) is 11.5. The van der Waals surface area contributed by atoms with E-state index >= 15 is 0 Å². The molecule has 1 aromatic heterocycles. The van der Waals surface area contributed by atoms with Crippen LogP contribution < -0.4 is 5.32 Å². The highest BCUT2D eigenvalue weighted by molar-refractivity contribution is 5.78. The quantitative estimate of drug-likeness (QED) is 0.501. The minimum absolute atomic E-state index is 0.00187. The Morgan fingerprint density at radius 1 is 1.14 bits per heavy atom. The van der Waals surface area contributed by atoms with Crippen molar-refractivity contribution in [2.45, 2.75) is 92.4 Å². The number of esters is 1. The first kappa shape index (κ1) is 28.1.